The van der Waals surface area contributed by atoms with Crippen molar-refractivity contribution < 1.29 is 4.79 Å². The number of nitrogens with one attached hydrogen (secondary N) is 1. The third-order valence-electron chi connectivity index (χ3n) is 7.29. The zero-order valence-corrected chi connectivity index (χ0v) is 16.3. The van der Waals surface area contributed by atoms with Gasteiger partial charge in [0.15, 0.2) is 0 Å². The van der Waals surface area contributed by atoms with E-state index < -0.39 is 0 Å². The fourth-order valence-corrected chi connectivity index (χ4v) is 7.72. The van der Waals surface area contributed by atoms with Crippen LogP contribution in [0, 0.1) is 17.8 Å². The van der Waals surface area contributed by atoms with Crippen LogP contribution in [-0.2, 0) is 11.6 Å². The molecule has 2 aromatic rings. The molecule has 0 unspecified atom stereocenters. The predicted octanol–water partition coefficient (Wildman–Crippen LogP) is 4.45. The molecular formula is C22H25N3OS. The topological polar surface area (TPSA) is 46.9 Å². The van der Waals surface area contributed by atoms with Gasteiger partial charge in [0.1, 0.15) is 0 Å². The highest BCUT2D eigenvalue weighted by Gasteiger charge is 2.51. The highest BCUT2D eigenvalue weighted by atomic mass is 32.2. The van der Waals surface area contributed by atoms with Crippen molar-refractivity contribution in [2.45, 2.75) is 55.7 Å². The number of aromatic nitrogens is 2. The first-order valence-electron chi connectivity index (χ1n) is 10.2. The average molecular weight is 380 g/mol. The summed E-state index contributed by atoms with van der Waals surface area (Å²) >= 11 is 1.88. The van der Waals surface area contributed by atoms with Gasteiger partial charge in [-0.25, -0.2) is 0 Å². The monoisotopic (exact) mass is 379 g/mol. The number of amides is 1. The summed E-state index contributed by atoms with van der Waals surface area (Å²) < 4.78 is 2.30. The number of rotatable bonds is 3. The molecule has 1 aliphatic heterocycles. The fourth-order valence-electron chi connectivity index (χ4n) is 6.65. The Labute approximate surface area is 164 Å². The van der Waals surface area contributed by atoms with Crippen molar-refractivity contribution in [2.75, 3.05) is 0 Å². The zero-order chi connectivity index (χ0) is 18.0. The molecule has 5 aliphatic rings. The normalized spacial score (nSPS) is 33.3. The summed E-state index contributed by atoms with van der Waals surface area (Å²) in [7, 11) is 0. The number of fused-ring (bicyclic) bond motifs is 1. The highest BCUT2D eigenvalue weighted by molar-refractivity contribution is 7.97. The number of pyridine rings is 1. The molecule has 2 aromatic heterocycles. The molecule has 4 fully saturated rings. The third-order valence-corrected chi connectivity index (χ3v) is 8.20. The van der Waals surface area contributed by atoms with E-state index in [0.29, 0.717) is 0 Å². The Bertz CT molecular complexity index is 868. The lowest BCUT2D eigenvalue weighted by Gasteiger charge is -2.56. The Morgan fingerprint density at radius 3 is 2.59 bits per heavy atom. The molecule has 1 amide bonds. The van der Waals surface area contributed by atoms with Crippen molar-refractivity contribution in [3.8, 4) is 11.3 Å². The van der Waals surface area contributed by atoms with Crippen molar-refractivity contribution in [2.24, 2.45) is 17.8 Å². The molecule has 4 bridgehead atoms. The molecule has 0 radical (unpaired) electrons. The Kier molecular flexibility index (Phi) is 3.53. The van der Waals surface area contributed by atoms with Gasteiger partial charge < -0.3 is 9.88 Å². The van der Waals surface area contributed by atoms with Crippen LogP contribution >= 0.6 is 11.8 Å². The summed E-state index contributed by atoms with van der Waals surface area (Å²) in [6.07, 6.45) is 11.5. The summed E-state index contributed by atoms with van der Waals surface area (Å²) in [6.45, 7) is 0. The Morgan fingerprint density at radius 1 is 1.19 bits per heavy atom. The largest absolute Gasteiger partial charge is 0.347 e. The SMILES string of the molecule is O=C(NC12CC3CC(CC(C3)C1)C2)c1cc(-c2cccnc2)n2c1CSC2. The standard InChI is InChI=1S/C22H25N3OS/c26-21(24-22-8-14-4-15(9-22)6-16(5-14)10-22)18-7-19(17-2-1-3-23-11-17)25-13-27-12-20(18)25/h1-3,7,11,14-16H,4-6,8-10,12-13H2,(H,24,26). The number of nitrogens with zero attached hydrogens (tertiary/aromatic N) is 2. The molecule has 1 N–H and O–H groups in total. The molecule has 4 saturated carbocycles. The highest BCUT2D eigenvalue weighted by Crippen LogP contribution is 2.55. The summed E-state index contributed by atoms with van der Waals surface area (Å²) in [5, 5.41) is 3.56. The van der Waals surface area contributed by atoms with Gasteiger partial charge in [0.05, 0.1) is 17.1 Å². The molecule has 4 nitrogen and oxygen atoms in total. The second-order valence-electron chi connectivity index (χ2n) is 9.19. The van der Waals surface area contributed by atoms with Gasteiger partial charge in [-0.2, -0.15) is 0 Å². The van der Waals surface area contributed by atoms with Gasteiger partial charge in [-0.05, 0) is 74.5 Å². The van der Waals surface area contributed by atoms with Gasteiger partial charge >= 0.3 is 0 Å². The molecule has 5 heteroatoms. The van der Waals surface area contributed by atoms with Crippen molar-refractivity contribution in [1.29, 1.82) is 0 Å². The smallest absolute Gasteiger partial charge is 0.253 e. The predicted molar refractivity (Wildman–Crippen MR) is 107 cm³/mol. The quantitative estimate of drug-likeness (QED) is 0.857. The second-order valence-corrected chi connectivity index (χ2v) is 10.1. The Balaban J connectivity index is 1.33. The van der Waals surface area contributed by atoms with Crippen molar-refractivity contribution in [3.63, 3.8) is 0 Å². The van der Waals surface area contributed by atoms with E-state index in [1.54, 1.807) is 6.20 Å². The lowest BCUT2D eigenvalue weighted by Crippen LogP contribution is -2.59. The van der Waals surface area contributed by atoms with Crippen LogP contribution in [0.25, 0.3) is 11.3 Å². The van der Waals surface area contributed by atoms with E-state index in [1.807, 2.05) is 24.0 Å². The molecule has 0 spiro atoms. The maximum Gasteiger partial charge on any atom is 0.253 e. The average Bonchev–Trinajstić information content (AvgIpc) is 3.23. The van der Waals surface area contributed by atoms with E-state index in [2.05, 4.69) is 27.0 Å². The van der Waals surface area contributed by atoms with Gasteiger partial charge in [0.25, 0.3) is 5.91 Å². The number of hydrogen-bond donors (Lipinski definition) is 1. The summed E-state index contributed by atoms with van der Waals surface area (Å²) in [6, 6.07) is 6.15. The molecule has 7 rings (SSSR count). The molecule has 3 heterocycles. The molecular weight excluding hydrogens is 354 g/mol. The number of thioether (sulfide) groups is 1. The van der Waals surface area contributed by atoms with Crippen molar-refractivity contribution in [1.82, 2.24) is 14.9 Å². The Hall–Kier alpha value is -1.75. The third kappa shape index (κ3) is 2.58. The summed E-state index contributed by atoms with van der Waals surface area (Å²) in [5.74, 6) is 4.53. The van der Waals surface area contributed by atoms with Gasteiger partial charge in [-0.15, -0.1) is 11.8 Å². The van der Waals surface area contributed by atoms with Gasteiger partial charge in [-0.3, -0.25) is 9.78 Å². The van der Waals surface area contributed by atoms with Crippen molar-refractivity contribution >= 4 is 17.7 Å². The van der Waals surface area contributed by atoms with Crippen LogP contribution in [0.5, 0.6) is 0 Å². The number of carbonyl (C=O) groups is 1. The van der Waals surface area contributed by atoms with E-state index in [9.17, 15) is 4.79 Å². The summed E-state index contributed by atoms with van der Waals surface area (Å²) in [5.41, 5.74) is 4.35. The maximum atomic E-state index is 13.4. The van der Waals surface area contributed by atoms with Crippen LogP contribution in [0.3, 0.4) is 0 Å². The van der Waals surface area contributed by atoms with Crippen LogP contribution < -0.4 is 5.32 Å². The number of carbonyl (C=O) groups excluding carboxylic acids is 1. The molecule has 140 valence electrons. The summed E-state index contributed by atoms with van der Waals surface area (Å²) in [4.78, 5) is 17.7. The minimum Gasteiger partial charge on any atom is -0.347 e. The molecule has 0 atom stereocenters. The van der Waals surface area contributed by atoms with E-state index in [0.717, 1.165) is 46.2 Å². The first-order chi connectivity index (χ1) is 13.2. The molecule has 0 saturated heterocycles. The minimum atomic E-state index is 0.0703. The minimum absolute atomic E-state index is 0.0703. The van der Waals surface area contributed by atoms with E-state index in [1.165, 1.54) is 44.2 Å². The van der Waals surface area contributed by atoms with Gasteiger partial charge in [0.2, 0.25) is 0 Å². The van der Waals surface area contributed by atoms with Crippen molar-refractivity contribution in [3.05, 3.63) is 41.9 Å². The molecule has 27 heavy (non-hydrogen) atoms. The zero-order valence-electron chi connectivity index (χ0n) is 15.5. The second kappa shape index (κ2) is 5.87. The van der Waals surface area contributed by atoms with Crippen LogP contribution in [-0.4, -0.2) is 21.0 Å². The lowest BCUT2D eigenvalue weighted by atomic mass is 9.53. The van der Waals surface area contributed by atoms with Gasteiger partial charge in [0, 0.05) is 34.9 Å². The van der Waals surface area contributed by atoms with Crippen LogP contribution in [0.15, 0.2) is 30.6 Å². The lowest BCUT2D eigenvalue weighted by molar-refractivity contribution is -0.0167. The Morgan fingerprint density at radius 2 is 1.93 bits per heavy atom. The number of hydrogen-bond acceptors (Lipinski definition) is 3. The van der Waals surface area contributed by atoms with Crippen LogP contribution in [0.1, 0.15) is 54.6 Å². The van der Waals surface area contributed by atoms with E-state index in [-0.39, 0.29) is 11.4 Å². The molecule has 4 aliphatic carbocycles. The van der Waals surface area contributed by atoms with E-state index >= 15 is 0 Å². The first-order valence-corrected chi connectivity index (χ1v) is 11.4. The fraction of sp³-hybridized carbons (Fsp3) is 0.545. The maximum absolute atomic E-state index is 13.4. The van der Waals surface area contributed by atoms with Crippen LogP contribution in [0.2, 0.25) is 0 Å². The molecule has 0 aromatic carbocycles. The first kappa shape index (κ1) is 16.2. The van der Waals surface area contributed by atoms with Gasteiger partial charge in [-0.1, -0.05) is 0 Å². The van der Waals surface area contributed by atoms with Crippen LogP contribution in [0.4, 0.5) is 0 Å². The van der Waals surface area contributed by atoms with E-state index in [4.69, 9.17) is 0 Å².